The summed E-state index contributed by atoms with van der Waals surface area (Å²) in [5, 5.41) is 7.39. The Morgan fingerprint density at radius 1 is 1.41 bits per heavy atom. The van der Waals surface area contributed by atoms with E-state index < -0.39 is 0 Å². The van der Waals surface area contributed by atoms with Crippen molar-refractivity contribution in [3.63, 3.8) is 0 Å². The molecule has 1 N–H and O–H groups in total. The Morgan fingerprint density at radius 2 is 2.35 bits per heavy atom. The molecule has 0 fully saturated rings. The number of hydrogen-bond acceptors (Lipinski definition) is 5. The van der Waals surface area contributed by atoms with Crippen molar-refractivity contribution >= 4 is 28.1 Å². The number of aromatic nitrogens is 2. The zero-order valence-electron chi connectivity index (χ0n) is 9.30. The monoisotopic (exact) mass is 245 g/mol. The highest BCUT2D eigenvalue weighted by atomic mass is 32.1. The number of nitrogens with zero attached hydrogens (tertiary/aromatic N) is 2. The molecule has 0 unspecified atom stereocenters. The molecule has 0 aliphatic rings. The summed E-state index contributed by atoms with van der Waals surface area (Å²) in [6, 6.07) is 3.77. The van der Waals surface area contributed by atoms with Crippen LogP contribution < -0.4 is 5.32 Å². The van der Waals surface area contributed by atoms with Crippen LogP contribution in [0.2, 0.25) is 0 Å². The SMILES string of the molecule is Cc1csc(CNc2nccc3occc23)n1. The van der Waals surface area contributed by atoms with Crippen molar-refractivity contribution in [3.05, 3.63) is 40.7 Å². The van der Waals surface area contributed by atoms with Gasteiger partial charge < -0.3 is 9.73 Å². The number of anilines is 1. The second kappa shape index (κ2) is 4.18. The Kier molecular flexibility index (Phi) is 2.53. The van der Waals surface area contributed by atoms with E-state index in [1.807, 2.05) is 24.4 Å². The van der Waals surface area contributed by atoms with Crippen LogP contribution in [0.3, 0.4) is 0 Å². The third kappa shape index (κ3) is 2.01. The van der Waals surface area contributed by atoms with Crippen molar-refractivity contribution in [1.29, 1.82) is 0 Å². The summed E-state index contributed by atoms with van der Waals surface area (Å²) in [6.45, 7) is 2.69. The first-order chi connectivity index (χ1) is 8.33. The van der Waals surface area contributed by atoms with Gasteiger partial charge in [0.25, 0.3) is 0 Å². The predicted octanol–water partition coefficient (Wildman–Crippen LogP) is 3.20. The summed E-state index contributed by atoms with van der Waals surface area (Å²) < 4.78 is 5.32. The lowest BCUT2D eigenvalue weighted by Crippen LogP contribution is -2.01. The summed E-state index contributed by atoms with van der Waals surface area (Å²) >= 11 is 1.65. The van der Waals surface area contributed by atoms with Crippen molar-refractivity contribution in [3.8, 4) is 0 Å². The first kappa shape index (κ1) is 10.3. The van der Waals surface area contributed by atoms with Crippen LogP contribution in [0.25, 0.3) is 11.0 Å². The van der Waals surface area contributed by atoms with Crippen LogP contribution in [0.5, 0.6) is 0 Å². The highest BCUT2D eigenvalue weighted by Gasteiger charge is 2.05. The maximum absolute atomic E-state index is 5.32. The lowest BCUT2D eigenvalue weighted by atomic mass is 10.3. The number of furan rings is 1. The van der Waals surface area contributed by atoms with Crippen LogP contribution in [-0.4, -0.2) is 9.97 Å². The van der Waals surface area contributed by atoms with E-state index >= 15 is 0 Å². The first-order valence-electron chi connectivity index (χ1n) is 5.30. The Balaban J connectivity index is 1.83. The fourth-order valence-corrected chi connectivity index (χ4v) is 2.39. The fourth-order valence-electron chi connectivity index (χ4n) is 1.68. The van der Waals surface area contributed by atoms with Crippen LogP contribution in [-0.2, 0) is 6.54 Å². The highest BCUT2D eigenvalue weighted by Crippen LogP contribution is 2.22. The smallest absolute Gasteiger partial charge is 0.139 e. The van der Waals surface area contributed by atoms with Crippen LogP contribution >= 0.6 is 11.3 Å². The van der Waals surface area contributed by atoms with E-state index in [2.05, 4.69) is 15.3 Å². The maximum Gasteiger partial charge on any atom is 0.139 e. The summed E-state index contributed by atoms with van der Waals surface area (Å²) in [7, 11) is 0. The molecule has 3 heterocycles. The second-order valence-electron chi connectivity index (χ2n) is 3.73. The summed E-state index contributed by atoms with van der Waals surface area (Å²) in [5.74, 6) is 0.837. The Morgan fingerprint density at radius 3 is 3.18 bits per heavy atom. The molecule has 3 aromatic rings. The van der Waals surface area contributed by atoms with E-state index in [0.29, 0.717) is 6.54 Å². The van der Waals surface area contributed by atoms with E-state index in [0.717, 1.165) is 27.5 Å². The van der Waals surface area contributed by atoms with Crippen molar-refractivity contribution < 1.29 is 4.42 Å². The fraction of sp³-hybridized carbons (Fsp3) is 0.167. The van der Waals surface area contributed by atoms with Gasteiger partial charge in [0.2, 0.25) is 0 Å². The normalized spacial score (nSPS) is 10.9. The number of aryl methyl sites for hydroxylation is 1. The second-order valence-corrected chi connectivity index (χ2v) is 4.67. The van der Waals surface area contributed by atoms with E-state index in [4.69, 9.17) is 4.42 Å². The molecule has 0 aliphatic heterocycles. The van der Waals surface area contributed by atoms with Crippen LogP contribution in [0.4, 0.5) is 5.82 Å². The molecule has 17 heavy (non-hydrogen) atoms. The third-order valence-electron chi connectivity index (χ3n) is 2.45. The van der Waals surface area contributed by atoms with E-state index in [1.165, 1.54) is 0 Å². The largest absolute Gasteiger partial charge is 0.464 e. The molecule has 0 aromatic carbocycles. The minimum atomic E-state index is 0.690. The summed E-state index contributed by atoms with van der Waals surface area (Å²) in [5.41, 5.74) is 1.90. The number of rotatable bonds is 3. The van der Waals surface area contributed by atoms with Gasteiger partial charge in [0.1, 0.15) is 16.4 Å². The molecule has 0 aliphatic carbocycles. The molecule has 0 amide bonds. The zero-order valence-corrected chi connectivity index (χ0v) is 10.1. The van der Waals surface area contributed by atoms with Crippen molar-refractivity contribution in [1.82, 2.24) is 9.97 Å². The minimum Gasteiger partial charge on any atom is -0.464 e. The van der Waals surface area contributed by atoms with Gasteiger partial charge in [0.05, 0.1) is 18.2 Å². The summed E-state index contributed by atoms with van der Waals surface area (Å²) in [6.07, 6.45) is 3.41. The molecular weight excluding hydrogens is 234 g/mol. The van der Waals surface area contributed by atoms with Gasteiger partial charge in [-0.25, -0.2) is 9.97 Å². The van der Waals surface area contributed by atoms with Gasteiger partial charge in [0, 0.05) is 17.3 Å². The van der Waals surface area contributed by atoms with Crippen LogP contribution in [0.1, 0.15) is 10.7 Å². The molecule has 3 rings (SSSR count). The third-order valence-corrected chi connectivity index (χ3v) is 3.42. The van der Waals surface area contributed by atoms with Gasteiger partial charge >= 0.3 is 0 Å². The standard InChI is InChI=1S/C12H11N3OS/c1-8-7-17-11(15-8)6-14-12-9-3-5-16-10(9)2-4-13-12/h2-5,7H,6H2,1H3,(H,13,14). The van der Waals surface area contributed by atoms with E-state index in [9.17, 15) is 0 Å². The average Bonchev–Trinajstić information content (AvgIpc) is 2.94. The van der Waals surface area contributed by atoms with Gasteiger partial charge in [-0.15, -0.1) is 11.3 Å². The predicted molar refractivity (Wildman–Crippen MR) is 68.2 cm³/mol. The lowest BCUT2D eigenvalue weighted by molar-refractivity contribution is 0.615. The van der Waals surface area contributed by atoms with Crippen LogP contribution in [0, 0.1) is 6.92 Å². The van der Waals surface area contributed by atoms with Gasteiger partial charge in [0.15, 0.2) is 0 Å². The van der Waals surface area contributed by atoms with Gasteiger partial charge in [-0.3, -0.25) is 0 Å². The molecule has 0 saturated heterocycles. The summed E-state index contributed by atoms with van der Waals surface area (Å²) in [4.78, 5) is 8.70. The number of pyridine rings is 1. The van der Waals surface area contributed by atoms with Crippen molar-refractivity contribution in [2.75, 3.05) is 5.32 Å². The molecule has 0 spiro atoms. The maximum atomic E-state index is 5.32. The van der Waals surface area contributed by atoms with Crippen molar-refractivity contribution in [2.24, 2.45) is 0 Å². The number of hydrogen-bond donors (Lipinski definition) is 1. The van der Waals surface area contributed by atoms with Crippen molar-refractivity contribution in [2.45, 2.75) is 13.5 Å². The molecule has 0 bridgehead atoms. The molecule has 3 aromatic heterocycles. The molecule has 0 saturated carbocycles. The number of nitrogens with one attached hydrogen (secondary N) is 1. The number of thiazole rings is 1. The van der Waals surface area contributed by atoms with Gasteiger partial charge in [-0.1, -0.05) is 0 Å². The molecule has 0 atom stereocenters. The van der Waals surface area contributed by atoms with Gasteiger partial charge in [-0.05, 0) is 19.1 Å². The minimum absolute atomic E-state index is 0.690. The van der Waals surface area contributed by atoms with E-state index in [1.54, 1.807) is 23.8 Å². The Bertz CT molecular complexity index is 644. The molecule has 4 nitrogen and oxygen atoms in total. The van der Waals surface area contributed by atoms with Gasteiger partial charge in [-0.2, -0.15) is 0 Å². The quantitative estimate of drug-likeness (QED) is 0.769. The zero-order chi connectivity index (χ0) is 11.7. The molecule has 86 valence electrons. The van der Waals surface area contributed by atoms with Crippen LogP contribution in [0.15, 0.2) is 34.4 Å². The average molecular weight is 245 g/mol. The topological polar surface area (TPSA) is 51.0 Å². The Hall–Kier alpha value is -1.88. The lowest BCUT2D eigenvalue weighted by Gasteiger charge is -2.03. The molecular formula is C12H11N3OS. The first-order valence-corrected chi connectivity index (χ1v) is 6.18. The highest BCUT2D eigenvalue weighted by molar-refractivity contribution is 7.09. The number of fused-ring (bicyclic) bond motifs is 1. The van der Waals surface area contributed by atoms with E-state index in [-0.39, 0.29) is 0 Å². The molecule has 0 radical (unpaired) electrons. The Labute approximate surface area is 102 Å². The molecule has 5 heteroatoms.